The molecule has 0 amide bonds. The molecule has 0 aliphatic carbocycles. The molecule has 2 aromatic carbocycles. The van der Waals surface area contributed by atoms with E-state index >= 15 is 0 Å². The summed E-state index contributed by atoms with van der Waals surface area (Å²) < 4.78 is 42.8. The number of hydrogen-bond acceptors (Lipinski definition) is 7. The number of aromatic nitrogens is 2. The molecule has 1 aliphatic heterocycles. The van der Waals surface area contributed by atoms with Crippen molar-refractivity contribution >= 4 is 44.4 Å². The Bertz CT molecular complexity index is 1230. The highest BCUT2D eigenvalue weighted by molar-refractivity contribution is 7.89. The lowest BCUT2D eigenvalue weighted by molar-refractivity contribution is 0.145. The first-order chi connectivity index (χ1) is 14.8. The molecule has 0 bridgehead atoms. The molecule has 11 heteroatoms. The predicted octanol–water partition coefficient (Wildman–Crippen LogP) is 3.83. The van der Waals surface area contributed by atoms with Crippen molar-refractivity contribution in [1.29, 1.82) is 0 Å². The van der Waals surface area contributed by atoms with E-state index in [4.69, 9.17) is 12.2 Å². The molecule has 0 spiro atoms. The summed E-state index contributed by atoms with van der Waals surface area (Å²) in [5.74, 6) is -0.562. The highest BCUT2D eigenvalue weighted by Crippen LogP contribution is 2.22. The Hall–Kier alpha value is -2.18. The van der Waals surface area contributed by atoms with Crippen LogP contribution in [0.3, 0.4) is 0 Å². The van der Waals surface area contributed by atoms with Crippen molar-refractivity contribution in [3.05, 3.63) is 63.9 Å². The van der Waals surface area contributed by atoms with E-state index in [1.54, 1.807) is 4.68 Å². The van der Waals surface area contributed by atoms with E-state index in [9.17, 15) is 12.8 Å². The summed E-state index contributed by atoms with van der Waals surface area (Å²) in [5, 5.41) is 8.55. The highest BCUT2D eigenvalue weighted by atomic mass is 32.2. The molecule has 0 unspecified atom stereocenters. The van der Waals surface area contributed by atoms with E-state index in [2.05, 4.69) is 15.3 Å². The second-order valence-corrected chi connectivity index (χ2v) is 10.8. The molecule has 1 aliphatic rings. The Morgan fingerprint density at radius 3 is 2.58 bits per heavy atom. The minimum absolute atomic E-state index is 0.0189. The van der Waals surface area contributed by atoms with Gasteiger partial charge in [0.25, 0.3) is 0 Å². The maximum Gasteiger partial charge on any atom is 0.243 e. The third-order valence-electron chi connectivity index (χ3n) is 4.97. The first-order valence-electron chi connectivity index (χ1n) is 9.71. The number of sulfonamides is 1. The summed E-state index contributed by atoms with van der Waals surface area (Å²) in [4.78, 5) is 2.08. The van der Waals surface area contributed by atoms with Crippen LogP contribution in [0.15, 0.2) is 53.4 Å². The summed E-state index contributed by atoms with van der Waals surface area (Å²) in [7, 11) is -3.71. The van der Waals surface area contributed by atoms with Gasteiger partial charge in [-0.05, 0) is 55.0 Å². The van der Waals surface area contributed by atoms with Gasteiger partial charge < -0.3 is 5.32 Å². The van der Waals surface area contributed by atoms with Crippen molar-refractivity contribution in [2.24, 2.45) is 0 Å². The molecule has 31 heavy (non-hydrogen) atoms. The SMILES string of the molecule is Cc1cccc(Nc2nn(CN3CCN(S(=O)(=O)c4cccc(F)c4)CC3)c(=S)s2)c1. The second kappa shape index (κ2) is 9.13. The lowest BCUT2D eigenvalue weighted by atomic mass is 10.2. The molecular weight excluding hydrogens is 457 g/mol. The average molecular weight is 480 g/mol. The van der Waals surface area contributed by atoms with Crippen LogP contribution in [0, 0.1) is 16.7 Å². The van der Waals surface area contributed by atoms with Crippen molar-refractivity contribution in [3.63, 3.8) is 0 Å². The summed E-state index contributed by atoms with van der Waals surface area (Å²) in [5.41, 5.74) is 2.10. The molecule has 0 radical (unpaired) electrons. The average Bonchev–Trinajstić information content (AvgIpc) is 3.07. The molecule has 4 rings (SSSR count). The quantitative estimate of drug-likeness (QED) is 0.542. The van der Waals surface area contributed by atoms with E-state index in [-0.39, 0.29) is 4.90 Å². The monoisotopic (exact) mass is 479 g/mol. The lowest BCUT2D eigenvalue weighted by Gasteiger charge is -2.33. The van der Waals surface area contributed by atoms with Gasteiger partial charge in [-0.3, -0.25) is 4.90 Å². The number of nitrogens with zero attached hydrogens (tertiary/aromatic N) is 4. The van der Waals surface area contributed by atoms with Crippen molar-refractivity contribution in [1.82, 2.24) is 19.0 Å². The molecule has 3 aromatic rings. The van der Waals surface area contributed by atoms with Gasteiger partial charge >= 0.3 is 0 Å². The van der Waals surface area contributed by atoms with Crippen LogP contribution in [0.5, 0.6) is 0 Å². The number of anilines is 2. The fourth-order valence-electron chi connectivity index (χ4n) is 3.37. The first kappa shape index (κ1) is 22.0. The van der Waals surface area contributed by atoms with Crippen LogP contribution < -0.4 is 5.32 Å². The van der Waals surface area contributed by atoms with Crippen molar-refractivity contribution in [3.8, 4) is 0 Å². The molecule has 0 atom stereocenters. The number of piperazine rings is 1. The second-order valence-electron chi connectivity index (χ2n) is 7.29. The summed E-state index contributed by atoms with van der Waals surface area (Å²) in [6, 6.07) is 13.1. The highest BCUT2D eigenvalue weighted by Gasteiger charge is 2.29. The Kier molecular flexibility index (Phi) is 6.49. The van der Waals surface area contributed by atoms with Crippen molar-refractivity contribution in [2.45, 2.75) is 18.5 Å². The minimum atomic E-state index is -3.71. The Morgan fingerprint density at radius 2 is 1.87 bits per heavy atom. The third-order valence-corrected chi connectivity index (χ3v) is 8.09. The van der Waals surface area contributed by atoms with Crippen molar-refractivity contribution in [2.75, 3.05) is 31.5 Å². The zero-order valence-corrected chi connectivity index (χ0v) is 19.3. The van der Waals surface area contributed by atoms with Crippen LogP contribution in [-0.4, -0.2) is 53.6 Å². The number of nitrogens with one attached hydrogen (secondary N) is 1. The van der Waals surface area contributed by atoms with Crippen molar-refractivity contribution < 1.29 is 12.8 Å². The molecular formula is C20H22FN5O2S3. The molecule has 1 fully saturated rings. The van der Waals surface area contributed by atoms with Gasteiger partial charge in [0, 0.05) is 31.9 Å². The largest absolute Gasteiger partial charge is 0.330 e. The van der Waals surface area contributed by atoms with Gasteiger partial charge in [0.05, 0.1) is 11.6 Å². The molecule has 7 nitrogen and oxygen atoms in total. The number of rotatable bonds is 6. The van der Waals surface area contributed by atoms with Crippen LogP contribution in [0.4, 0.5) is 15.2 Å². The fourth-order valence-corrected chi connectivity index (χ4v) is 5.84. The normalized spacial score (nSPS) is 15.8. The molecule has 1 saturated heterocycles. The van der Waals surface area contributed by atoms with E-state index in [1.807, 2.05) is 31.2 Å². The summed E-state index contributed by atoms with van der Waals surface area (Å²) in [6.07, 6.45) is 0. The Labute approximate surface area is 189 Å². The van der Waals surface area contributed by atoms with Crippen LogP contribution in [0.1, 0.15) is 5.56 Å². The van der Waals surface area contributed by atoms with Gasteiger partial charge in [-0.1, -0.05) is 29.5 Å². The lowest BCUT2D eigenvalue weighted by Crippen LogP contribution is -2.48. The number of benzene rings is 2. The van der Waals surface area contributed by atoms with E-state index in [0.717, 1.165) is 17.3 Å². The van der Waals surface area contributed by atoms with Gasteiger partial charge in [-0.25, -0.2) is 17.5 Å². The third kappa shape index (κ3) is 5.18. The Morgan fingerprint density at radius 1 is 1.13 bits per heavy atom. The molecule has 1 aromatic heterocycles. The van der Waals surface area contributed by atoms with Gasteiger partial charge in [-0.15, -0.1) is 5.10 Å². The summed E-state index contributed by atoms with van der Waals surface area (Å²) in [6.45, 7) is 4.23. The van der Waals surface area contributed by atoms with Gasteiger partial charge in [-0.2, -0.15) is 4.31 Å². The minimum Gasteiger partial charge on any atom is -0.330 e. The van der Waals surface area contributed by atoms with Gasteiger partial charge in [0.1, 0.15) is 5.82 Å². The number of halogens is 1. The van der Waals surface area contributed by atoms with Crippen LogP contribution in [-0.2, 0) is 16.7 Å². The number of hydrogen-bond donors (Lipinski definition) is 1. The predicted molar refractivity (Wildman–Crippen MR) is 122 cm³/mol. The zero-order chi connectivity index (χ0) is 22.0. The van der Waals surface area contributed by atoms with Crippen LogP contribution in [0.2, 0.25) is 0 Å². The van der Waals surface area contributed by atoms with Crippen LogP contribution >= 0.6 is 23.6 Å². The smallest absolute Gasteiger partial charge is 0.243 e. The Balaban J connectivity index is 1.38. The van der Waals surface area contributed by atoms with Gasteiger partial charge in [0.15, 0.2) is 3.95 Å². The first-order valence-corrected chi connectivity index (χ1v) is 12.4. The fraction of sp³-hybridized carbons (Fsp3) is 0.300. The van der Waals surface area contributed by atoms with E-state index in [1.165, 1.54) is 33.8 Å². The summed E-state index contributed by atoms with van der Waals surface area (Å²) >= 11 is 6.85. The van der Waals surface area contributed by atoms with E-state index < -0.39 is 15.8 Å². The molecule has 2 heterocycles. The topological polar surface area (TPSA) is 70.5 Å². The standard InChI is InChI=1S/C20H22FN5O2S3/c1-15-4-2-6-17(12-15)22-19-23-26(20(29)30-19)14-24-8-10-25(11-9-24)31(27,28)18-7-3-5-16(21)13-18/h2-7,12-13H,8-11,14H2,1H3,(H,22,23). The van der Waals surface area contributed by atoms with E-state index in [0.29, 0.717) is 41.9 Å². The maximum atomic E-state index is 13.5. The number of aryl methyl sites for hydroxylation is 1. The zero-order valence-electron chi connectivity index (χ0n) is 16.9. The molecule has 1 N–H and O–H groups in total. The molecule has 164 valence electrons. The molecule has 0 saturated carbocycles. The maximum absolute atomic E-state index is 13.5. The van der Waals surface area contributed by atoms with Gasteiger partial charge in [0.2, 0.25) is 15.2 Å². The van der Waals surface area contributed by atoms with Crippen LogP contribution in [0.25, 0.3) is 0 Å².